The van der Waals surface area contributed by atoms with E-state index in [2.05, 4.69) is 20.7 Å². The Morgan fingerprint density at radius 1 is 1.06 bits per heavy atom. The van der Waals surface area contributed by atoms with Crippen molar-refractivity contribution in [3.05, 3.63) is 72.2 Å². The van der Waals surface area contributed by atoms with E-state index in [9.17, 15) is 18.0 Å². The summed E-state index contributed by atoms with van der Waals surface area (Å²) >= 11 is 0. The Morgan fingerprint density at radius 2 is 1.69 bits per heavy atom. The Balaban J connectivity index is 0.00000108. The SMILES string of the molecule is CCc1cnn(-c2ccc(-n3cc(-c4ccccc4NC(C)=O)nn3)cc2)c1C(F)(F)F.O=C=O. The van der Waals surface area contributed by atoms with Gasteiger partial charge in [-0.05, 0) is 36.8 Å². The molecule has 0 spiro atoms. The highest BCUT2D eigenvalue weighted by Gasteiger charge is 2.38. The number of hydrogen-bond acceptors (Lipinski definition) is 6. The van der Waals surface area contributed by atoms with Crippen molar-refractivity contribution in [2.45, 2.75) is 26.4 Å². The molecule has 0 unspecified atom stereocenters. The van der Waals surface area contributed by atoms with Gasteiger partial charge in [0.25, 0.3) is 0 Å². The van der Waals surface area contributed by atoms with E-state index in [1.54, 1.807) is 49.5 Å². The molecule has 12 heteroatoms. The van der Waals surface area contributed by atoms with Gasteiger partial charge < -0.3 is 5.32 Å². The Labute approximate surface area is 197 Å². The molecule has 0 bridgehead atoms. The first-order valence-electron chi connectivity index (χ1n) is 10.2. The molecule has 0 aliphatic carbocycles. The van der Waals surface area contributed by atoms with Crippen molar-refractivity contribution in [2.75, 3.05) is 5.32 Å². The quantitative estimate of drug-likeness (QED) is 0.457. The lowest BCUT2D eigenvalue weighted by Crippen LogP contribution is -2.15. The average molecular weight is 484 g/mol. The first-order chi connectivity index (χ1) is 16.7. The normalized spacial score (nSPS) is 10.8. The first kappa shape index (κ1) is 25.1. The lowest BCUT2D eigenvalue weighted by Gasteiger charge is -2.12. The van der Waals surface area contributed by atoms with Crippen LogP contribution in [0.25, 0.3) is 22.6 Å². The third-order valence-electron chi connectivity index (χ3n) is 4.86. The number of rotatable bonds is 5. The van der Waals surface area contributed by atoms with Gasteiger partial charge in [0, 0.05) is 18.1 Å². The van der Waals surface area contributed by atoms with Crippen LogP contribution in [0, 0.1) is 0 Å². The second kappa shape index (κ2) is 10.6. The summed E-state index contributed by atoms with van der Waals surface area (Å²) in [6.07, 6.45) is -1.11. The minimum Gasteiger partial charge on any atom is -0.326 e. The summed E-state index contributed by atoms with van der Waals surface area (Å²) in [5, 5.41) is 15.0. The first-order valence-corrected chi connectivity index (χ1v) is 10.2. The molecular formula is C23H19F3N6O3. The van der Waals surface area contributed by atoms with E-state index in [1.807, 2.05) is 12.1 Å². The second-order valence-corrected chi connectivity index (χ2v) is 7.16. The maximum atomic E-state index is 13.5. The Hall–Kier alpha value is -4.57. The van der Waals surface area contributed by atoms with Crippen molar-refractivity contribution in [1.29, 1.82) is 0 Å². The molecule has 1 amide bonds. The summed E-state index contributed by atoms with van der Waals surface area (Å²) in [4.78, 5) is 27.7. The van der Waals surface area contributed by atoms with Crippen LogP contribution in [0.3, 0.4) is 0 Å². The molecule has 35 heavy (non-hydrogen) atoms. The molecule has 0 aliphatic rings. The van der Waals surface area contributed by atoms with E-state index in [-0.39, 0.29) is 29.7 Å². The lowest BCUT2D eigenvalue weighted by molar-refractivity contribution is -0.191. The zero-order chi connectivity index (χ0) is 25.6. The van der Waals surface area contributed by atoms with Gasteiger partial charge in [-0.2, -0.15) is 27.9 Å². The molecule has 2 aromatic heterocycles. The van der Waals surface area contributed by atoms with Gasteiger partial charge >= 0.3 is 12.3 Å². The molecule has 0 saturated carbocycles. The Bertz CT molecular complexity index is 1350. The second-order valence-electron chi connectivity index (χ2n) is 7.16. The van der Waals surface area contributed by atoms with Crippen LogP contribution >= 0.6 is 0 Å². The number of aromatic nitrogens is 5. The zero-order valence-electron chi connectivity index (χ0n) is 18.6. The van der Waals surface area contributed by atoms with Crippen LogP contribution < -0.4 is 5.32 Å². The number of hydrogen-bond donors (Lipinski definition) is 1. The van der Waals surface area contributed by atoms with Gasteiger partial charge in [0.1, 0.15) is 5.69 Å². The molecule has 0 radical (unpaired) electrons. The number of amides is 1. The van der Waals surface area contributed by atoms with Crippen LogP contribution in [-0.2, 0) is 27.0 Å². The van der Waals surface area contributed by atoms with Gasteiger partial charge in [-0.3, -0.25) is 4.79 Å². The van der Waals surface area contributed by atoms with Crippen LogP contribution in [0.2, 0.25) is 0 Å². The third kappa shape index (κ3) is 5.68. The van der Waals surface area contributed by atoms with Crippen molar-refractivity contribution in [2.24, 2.45) is 0 Å². The number of aryl methyl sites for hydroxylation is 1. The van der Waals surface area contributed by atoms with Crippen LogP contribution in [0.4, 0.5) is 18.9 Å². The number of alkyl halides is 3. The topological polar surface area (TPSA) is 112 Å². The van der Waals surface area contributed by atoms with Gasteiger partial charge in [0.05, 0.1) is 29.5 Å². The van der Waals surface area contributed by atoms with E-state index in [1.165, 1.54) is 17.8 Å². The van der Waals surface area contributed by atoms with Crippen molar-refractivity contribution in [3.63, 3.8) is 0 Å². The van der Waals surface area contributed by atoms with Gasteiger partial charge in [-0.15, -0.1) is 5.10 Å². The third-order valence-corrected chi connectivity index (χ3v) is 4.86. The summed E-state index contributed by atoms with van der Waals surface area (Å²) in [5.41, 5.74) is 2.11. The molecule has 0 fully saturated rings. The van der Waals surface area contributed by atoms with Gasteiger partial charge in [0.15, 0.2) is 5.69 Å². The Morgan fingerprint density at radius 3 is 2.29 bits per heavy atom. The van der Waals surface area contributed by atoms with E-state index < -0.39 is 11.9 Å². The number of halogens is 3. The highest BCUT2D eigenvalue weighted by molar-refractivity contribution is 5.93. The van der Waals surface area contributed by atoms with E-state index in [0.717, 1.165) is 4.68 Å². The number of para-hydroxylation sites is 1. The van der Waals surface area contributed by atoms with Crippen LogP contribution in [0.5, 0.6) is 0 Å². The number of carbonyl (C=O) groups is 1. The van der Waals surface area contributed by atoms with Crippen molar-refractivity contribution < 1.29 is 27.6 Å². The van der Waals surface area contributed by atoms with E-state index in [0.29, 0.717) is 22.6 Å². The number of nitrogens with zero attached hydrogens (tertiary/aromatic N) is 5. The molecule has 4 aromatic rings. The zero-order valence-corrected chi connectivity index (χ0v) is 18.6. The minimum atomic E-state index is -4.51. The van der Waals surface area contributed by atoms with Crippen LogP contribution in [-0.4, -0.2) is 36.8 Å². The molecule has 0 saturated heterocycles. The number of carbonyl (C=O) groups excluding carboxylic acids is 3. The van der Waals surface area contributed by atoms with Crippen LogP contribution in [0.1, 0.15) is 25.1 Å². The molecular weight excluding hydrogens is 465 g/mol. The summed E-state index contributed by atoms with van der Waals surface area (Å²) in [6.45, 7) is 3.08. The number of anilines is 1. The standard InChI is InChI=1S/C22H19F3N6O.CO2/c1-3-15-12-26-31(21(15)22(23,24)25)17-10-8-16(9-11-17)30-13-20(28-29-30)18-6-4-5-7-19(18)27-14(2)32;2-1-3/h4-13H,3H2,1-2H3,(H,27,32);. The smallest absolute Gasteiger partial charge is 0.326 e. The molecule has 2 heterocycles. The molecule has 4 rings (SSSR count). The fourth-order valence-corrected chi connectivity index (χ4v) is 3.40. The predicted octanol–water partition coefficient (Wildman–Crippen LogP) is 4.08. The molecule has 180 valence electrons. The van der Waals surface area contributed by atoms with E-state index >= 15 is 0 Å². The molecule has 2 aromatic carbocycles. The number of benzene rings is 2. The number of nitrogens with one attached hydrogen (secondary N) is 1. The highest BCUT2D eigenvalue weighted by Crippen LogP contribution is 2.34. The largest absolute Gasteiger partial charge is 0.433 e. The fraction of sp³-hybridized carbons (Fsp3) is 0.174. The predicted molar refractivity (Wildman–Crippen MR) is 118 cm³/mol. The fourth-order valence-electron chi connectivity index (χ4n) is 3.40. The highest BCUT2D eigenvalue weighted by atomic mass is 19.4. The molecule has 0 aliphatic heterocycles. The van der Waals surface area contributed by atoms with Crippen LogP contribution in [0.15, 0.2) is 60.9 Å². The van der Waals surface area contributed by atoms with Crippen molar-refractivity contribution in [3.8, 4) is 22.6 Å². The monoisotopic (exact) mass is 484 g/mol. The summed E-state index contributed by atoms with van der Waals surface area (Å²) in [6, 6.07) is 13.6. The average Bonchev–Trinajstić information content (AvgIpc) is 3.47. The summed E-state index contributed by atoms with van der Waals surface area (Å²) in [5.74, 6) is -0.205. The Kier molecular flexibility index (Phi) is 7.57. The van der Waals surface area contributed by atoms with Gasteiger partial charge in [0.2, 0.25) is 5.91 Å². The van der Waals surface area contributed by atoms with Gasteiger partial charge in [-0.25, -0.2) is 9.36 Å². The molecule has 0 atom stereocenters. The maximum Gasteiger partial charge on any atom is 0.433 e. The van der Waals surface area contributed by atoms with E-state index in [4.69, 9.17) is 9.59 Å². The minimum absolute atomic E-state index is 0.139. The summed E-state index contributed by atoms with van der Waals surface area (Å²) < 4.78 is 43.0. The molecule has 1 N–H and O–H groups in total. The lowest BCUT2D eigenvalue weighted by atomic mass is 10.1. The van der Waals surface area contributed by atoms with Crippen molar-refractivity contribution >= 4 is 17.7 Å². The van der Waals surface area contributed by atoms with Gasteiger partial charge in [-0.1, -0.05) is 30.3 Å². The molecule has 9 nitrogen and oxygen atoms in total. The van der Waals surface area contributed by atoms with Crippen molar-refractivity contribution in [1.82, 2.24) is 24.8 Å². The summed E-state index contributed by atoms with van der Waals surface area (Å²) in [7, 11) is 0. The maximum absolute atomic E-state index is 13.5.